The highest BCUT2D eigenvalue weighted by molar-refractivity contribution is 7.89. The highest BCUT2D eigenvalue weighted by Gasteiger charge is 2.19. The molecule has 4 rings (SSSR count). The smallest absolute Gasteiger partial charge is 0.245 e. The molecule has 0 radical (unpaired) electrons. The number of halogens is 1. The number of hydrogen-bond donors (Lipinski definition) is 2. The van der Waals surface area contributed by atoms with Crippen molar-refractivity contribution in [2.75, 3.05) is 55.7 Å². The molecule has 1 saturated heterocycles. The van der Waals surface area contributed by atoms with Gasteiger partial charge >= 0.3 is 0 Å². The Morgan fingerprint density at radius 3 is 2.58 bits per heavy atom. The predicted octanol–water partition coefficient (Wildman–Crippen LogP) is 1.15. The van der Waals surface area contributed by atoms with E-state index in [0.717, 1.165) is 31.7 Å². The Bertz CT molecular complexity index is 1130. The van der Waals surface area contributed by atoms with Crippen LogP contribution in [0, 0.1) is 5.82 Å². The van der Waals surface area contributed by atoms with Crippen LogP contribution in [0.1, 0.15) is 5.56 Å². The Balaban J connectivity index is 1.38. The summed E-state index contributed by atoms with van der Waals surface area (Å²) in [4.78, 5) is 9.04. The van der Waals surface area contributed by atoms with Crippen molar-refractivity contribution >= 4 is 27.3 Å². The van der Waals surface area contributed by atoms with Crippen LogP contribution in [0.25, 0.3) is 5.52 Å². The summed E-state index contributed by atoms with van der Waals surface area (Å²) in [7, 11) is -1.42. The monoisotopic (exact) mass is 447 g/mol. The molecule has 2 aromatic heterocycles. The fourth-order valence-corrected chi connectivity index (χ4v) is 4.27. The molecule has 1 fully saturated rings. The molecule has 166 valence electrons. The summed E-state index contributed by atoms with van der Waals surface area (Å²) in [6, 6.07) is 9.49. The van der Waals surface area contributed by atoms with Crippen molar-refractivity contribution in [1.82, 2.24) is 24.2 Å². The number of fused-ring (bicyclic) bond motifs is 1. The van der Waals surface area contributed by atoms with E-state index in [1.807, 2.05) is 18.3 Å². The summed E-state index contributed by atoms with van der Waals surface area (Å²) in [6.07, 6.45) is 1.85. The van der Waals surface area contributed by atoms with Gasteiger partial charge in [0, 0.05) is 45.5 Å². The zero-order valence-electron chi connectivity index (χ0n) is 17.3. The summed E-state index contributed by atoms with van der Waals surface area (Å²) in [5, 5.41) is 7.73. The molecule has 2 N–H and O–H groups in total. The average Bonchev–Trinajstić information content (AvgIpc) is 3.23. The van der Waals surface area contributed by atoms with Crippen molar-refractivity contribution in [2.45, 2.75) is 6.54 Å². The molecule has 0 unspecified atom stereocenters. The van der Waals surface area contributed by atoms with Crippen LogP contribution in [0.5, 0.6) is 0 Å². The van der Waals surface area contributed by atoms with Gasteiger partial charge in [0.25, 0.3) is 0 Å². The normalized spacial score (nSPS) is 15.5. The molecule has 0 atom stereocenters. The molecule has 3 aromatic rings. The second kappa shape index (κ2) is 9.16. The van der Waals surface area contributed by atoms with Gasteiger partial charge in [0.1, 0.15) is 11.3 Å². The SMILES string of the molecule is CN1CCN(c2nc(NCCS(=O)(=O)NCc3ccc(F)cc3)c3cccn3n2)CC1. The van der Waals surface area contributed by atoms with Crippen LogP contribution in [-0.2, 0) is 16.6 Å². The van der Waals surface area contributed by atoms with E-state index in [1.54, 1.807) is 16.6 Å². The number of anilines is 2. The van der Waals surface area contributed by atoms with Crippen LogP contribution < -0.4 is 14.9 Å². The maximum absolute atomic E-state index is 13.0. The van der Waals surface area contributed by atoms with E-state index in [0.29, 0.717) is 17.3 Å². The van der Waals surface area contributed by atoms with Crippen LogP contribution in [0.15, 0.2) is 42.6 Å². The molecule has 0 bridgehead atoms. The van der Waals surface area contributed by atoms with Crippen molar-refractivity contribution in [1.29, 1.82) is 0 Å². The third kappa shape index (κ3) is 5.49. The molecule has 0 saturated carbocycles. The van der Waals surface area contributed by atoms with Gasteiger partial charge in [-0.05, 0) is 36.9 Å². The van der Waals surface area contributed by atoms with Crippen molar-refractivity contribution in [2.24, 2.45) is 0 Å². The first kappa shape index (κ1) is 21.5. The quantitative estimate of drug-likeness (QED) is 0.535. The van der Waals surface area contributed by atoms with E-state index >= 15 is 0 Å². The first-order valence-corrected chi connectivity index (χ1v) is 11.8. The molecule has 1 aliphatic rings. The molecule has 0 spiro atoms. The minimum atomic E-state index is -3.51. The van der Waals surface area contributed by atoms with Gasteiger partial charge in [-0.3, -0.25) is 0 Å². The molecule has 0 amide bonds. The Hall–Kier alpha value is -2.76. The number of nitrogens with zero attached hydrogens (tertiary/aromatic N) is 5. The summed E-state index contributed by atoms with van der Waals surface area (Å²) in [5.74, 6) is 0.752. The minimum absolute atomic E-state index is 0.116. The van der Waals surface area contributed by atoms with E-state index in [4.69, 9.17) is 0 Å². The Labute approximate surface area is 180 Å². The van der Waals surface area contributed by atoms with Crippen LogP contribution in [0.2, 0.25) is 0 Å². The molecule has 1 aliphatic heterocycles. The Kier molecular flexibility index (Phi) is 6.35. The van der Waals surface area contributed by atoms with Crippen molar-refractivity contribution in [3.63, 3.8) is 0 Å². The standard InChI is InChI=1S/C20H26FN7O2S/c1-26-10-12-27(13-11-26)20-24-19(18-3-2-9-28(18)25-20)22-8-14-31(29,30)23-15-16-4-6-17(21)7-5-16/h2-7,9,23H,8,10-15H2,1H3,(H,22,24,25). The predicted molar refractivity (Wildman–Crippen MR) is 118 cm³/mol. The number of hydrogen-bond acceptors (Lipinski definition) is 7. The second-order valence-electron chi connectivity index (χ2n) is 7.58. The molecule has 11 heteroatoms. The number of rotatable bonds is 8. The lowest BCUT2D eigenvalue weighted by atomic mass is 10.2. The highest BCUT2D eigenvalue weighted by atomic mass is 32.2. The largest absolute Gasteiger partial charge is 0.367 e. The summed E-state index contributed by atoms with van der Waals surface area (Å²) >= 11 is 0. The average molecular weight is 448 g/mol. The maximum atomic E-state index is 13.0. The Morgan fingerprint density at radius 2 is 1.84 bits per heavy atom. The lowest BCUT2D eigenvalue weighted by Gasteiger charge is -2.32. The molecule has 1 aromatic carbocycles. The van der Waals surface area contributed by atoms with Crippen molar-refractivity contribution in [3.8, 4) is 0 Å². The molecular weight excluding hydrogens is 421 g/mol. The number of sulfonamides is 1. The fraction of sp³-hybridized carbons (Fsp3) is 0.400. The van der Waals surface area contributed by atoms with E-state index in [-0.39, 0.29) is 24.7 Å². The van der Waals surface area contributed by atoms with E-state index in [2.05, 4.69) is 37.0 Å². The zero-order chi connectivity index (χ0) is 21.8. The Morgan fingerprint density at radius 1 is 1.10 bits per heavy atom. The van der Waals surface area contributed by atoms with Gasteiger partial charge in [-0.15, -0.1) is 5.10 Å². The summed E-state index contributed by atoms with van der Waals surface area (Å²) in [5.41, 5.74) is 1.48. The van der Waals surface area contributed by atoms with Crippen molar-refractivity contribution < 1.29 is 12.8 Å². The van der Waals surface area contributed by atoms with Gasteiger partial charge in [-0.2, -0.15) is 4.98 Å². The van der Waals surface area contributed by atoms with E-state index < -0.39 is 10.0 Å². The first-order chi connectivity index (χ1) is 14.9. The van der Waals surface area contributed by atoms with E-state index in [1.165, 1.54) is 12.1 Å². The number of piperazine rings is 1. The van der Waals surface area contributed by atoms with Gasteiger partial charge in [-0.25, -0.2) is 22.0 Å². The van der Waals surface area contributed by atoms with E-state index in [9.17, 15) is 12.8 Å². The van der Waals surface area contributed by atoms with Crippen LogP contribution in [0.4, 0.5) is 16.2 Å². The molecule has 0 aliphatic carbocycles. The van der Waals surface area contributed by atoms with Gasteiger partial charge in [0.15, 0.2) is 5.82 Å². The van der Waals surface area contributed by atoms with Gasteiger partial charge < -0.3 is 15.1 Å². The number of aromatic nitrogens is 3. The first-order valence-electron chi connectivity index (χ1n) is 10.1. The third-order valence-electron chi connectivity index (χ3n) is 5.24. The van der Waals surface area contributed by atoms with Crippen LogP contribution >= 0.6 is 0 Å². The number of likely N-dealkylation sites (N-methyl/N-ethyl adjacent to an activating group) is 1. The minimum Gasteiger partial charge on any atom is -0.367 e. The van der Waals surface area contributed by atoms with Crippen LogP contribution in [-0.4, -0.2) is 73.4 Å². The fourth-order valence-electron chi connectivity index (χ4n) is 3.37. The van der Waals surface area contributed by atoms with Gasteiger partial charge in [0.05, 0.1) is 5.75 Å². The lowest BCUT2D eigenvalue weighted by molar-refractivity contribution is 0.310. The summed E-state index contributed by atoms with van der Waals surface area (Å²) < 4.78 is 42.0. The van der Waals surface area contributed by atoms with Crippen molar-refractivity contribution in [3.05, 3.63) is 54.0 Å². The molecule has 9 nitrogen and oxygen atoms in total. The lowest BCUT2D eigenvalue weighted by Crippen LogP contribution is -2.45. The zero-order valence-corrected chi connectivity index (χ0v) is 18.1. The molecule has 31 heavy (non-hydrogen) atoms. The summed E-state index contributed by atoms with van der Waals surface area (Å²) in [6.45, 7) is 3.86. The third-order valence-corrected chi connectivity index (χ3v) is 6.56. The topological polar surface area (TPSA) is 94.9 Å². The second-order valence-corrected chi connectivity index (χ2v) is 9.51. The van der Waals surface area contributed by atoms with Gasteiger partial charge in [-0.1, -0.05) is 12.1 Å². The number of nitrogens with one attached hydrogen (secondary N) is 2. The molecule has 3 heterocycles. The molecular formula is C20H26FN7O2S. The maximum Gasteiger partial charge on any atom is 0.245 e. The highest BCUT2D eigenvalue weighted by Crippen LogP contribution is 2.19. The number of benzene rings is 1. The van der Waals surface area contributed by atoms with Gasteiger partial charge in [0.2, 0.25) is 16.0 Å². The van der Waals surface area contributed by atoms with Crippen LogP contribution in [0.3, 0.4) is 0 Å².